The van der Waals surface area contributed by atoms with Crippen LogP contribution in [0.3, 0.4) is 0 Å². The molecule has 0 spiro atoms. The van der Waals surface area contributed by atoms with Gasteiger partial charge in [0.25, 0.3) is 5.91 Å². The minimum Gasteiger partial charge on any atom is -0.333 e. The van der Waals surface area contributed by atoms with Crippen molar-refractivity contribution in [1.82, 2.24) is 19.9 Å². The van der Waals surface area contributed by atoms with Gasteiger partial charge in [-0.15, -0.1) is 16.4 Å². The highest BCUT2D eigenvalue weighted by Gasteiger charge is 2.29. The van der Waals surface area contributed by atoms with Crippen LogP contribution in [-0.2, 0) is 6.54 Å². The first-order chi connectivity index (χ1) is 9.78. The molecule has 0 saturated carbocycles. The van der Waals surface area contributed by atoms with Gasteiger partial charge in [0.05, 0.1) is 12.7 Å². The first-order valence-electron chi connectivity index (χ1n) is 6.71. The zero-order chi connectivity index (χ0) is 13.9. The molecule has 3 rings (SSSR count). The Kier molecular flexibility index (Phi) is 3.79. The first-order valence-corrected chi connectivity index (χ1v) is 7.59. The number of nitrogens with two attached hydrogens (primary N) is 1. The topological polar surface area (TPSA) is 77.0 Å². The van der Waals surface area contributed by atoms with Crippen molar-refractivity contribution in [2.75, 3.05) is 13.1 Å². The van der Waals surface area contributed by atoms with Crippen LogP contribution < -0.4 is 5.73 Å². The molecule has 0 bridgehead atoms. The molecular weight excluding hydrogens is 274 g/mol. The predicted octanol–water partition coefficient (Wildman–Crippen LogP) is 0.951. The van der Waals surface area contributed by atoms with Crippen LogP contribution in [0.5, 0.6) is 0 Å². The maximum atomic E-state index is 12.4. The van der Waals surface area contributed by atoms with Crippen molar-refractivity contribution in [3.63, 3.8) is 0 Å². The first kappa shape index (κ1) is 13.3. The molecule has 1 saturated heterocycles. The van der Waals surface area contributed by atoms with Gasteiger partial charge >= 0.3 is 0 Å². The molecule has 106 valence electrons. The fourth-order valence-corrected chi connectivity index (χ4v) is 3.23. The molecule has 2 aromatic heterocycles. The highest BCUT2D eigenvalue weighted by Crippen LogP contribution is 2.18. The van der Waals surface area contributed by atoms with Gasteiger partial charge in [0, 0.05) is 24.0 Å². The third-order valence-electron chi connectivity index (χ3n) is 3.57. The lowest BCUT2D eigenvalue weighted by molar-refractivity contribution is 0.0735. The van der Waals surface area contributed by atoms with Gasteiger partial charge in [-0.3, -0.25) is 4.79 Å². The molecule has 6 nitrogen and oxygen atoms in total. The highest BCUT2D eigenvalue weighted by atomic mass is 32.1. The van der Waals surface area contributed by atoms with Crippen molar-refractivity contribution in [1.29, 1.82) is 0 Å². The smallest absolute Gasteiger partial charge is 0.276 e. The molecule has 3 heterocycles. The number of rotatable bonds is 4. The van der Waals surface area contributed by atoms with Crippen LogP contribution in [0.1, 0.15) is 28.2 Å². The van der Waals surface area contributed by atoms with Gasteiger partial charge in [-0.05, 0) is 24.3 Å². The Bertz CT molecular complexity index is 579. The number of carbonyl (C=O) groups excluding carboxylic acids is 1. The van der Waals surface area contributed by atoms with Gasteiger partial charge in [-0.1, -0.05) is 11.3 Å². The van der Waals surface area contributed by atoms with E-state index in [0.717, 1.165) is 19.4 Å². The normalized spacial score (nSPS) is 18.6. The fourth-order valence-electron chi connectivity index (χ4n) is 2.53. The lowest BCUT2D eigenvalue weighted by Crippen LogP contribution is -2.40. The van der Waals surface area contributed by atoms with E-state index in [2.05, 4.69) is 10.3 Å². The second-order valence-electron chi connectivity index (χ2n) is 4.91. The Hall–Kier alpha value is -1.73. The van der Waals surface area contributed by atoms with Gasteiger partial charge in [0.1, 0.15) is 0 Å². The quantitative estimate of drug-likeness (QED) is 0.910. The molecule has 2 N–H and O–H groups in total. The van der Waals surface area contributed by atoms with Crippen LogP contribution >= 0.6 is 11.3 Å². The van der Waals surface area contributed by atoms with Crippen LogP contribution in [-0.4, -0.2) is 44.9 Å². The standard InChI is InChI=1S/C13H17N5OS/c14-7-10-3-1-5-18(10)13(19)12-9-17(16-15-12)8-11-4-2-6-20-11/h2,4,6,9-10H,1,3,5,7-8,14H2/t10-/m0/s1. The van der Waals surface area contributed by atoms with E-state index in [1.165, 1.54) is 4.88 Å². The largest absolute Gasteiger partial charge is 0.333 e. The average Bonchev–Trinajstić information content (AvgIpc) is 3.19. The minimum absolute atomic E-state index is 0.0598. The molecule has 20 heavy (non-hydrogen) atoms. The average molecular weight is 291 g/mol. The molecule has 1 atom stereocenters. The Labute approximate surface area is 121 Å². The monoisotopic (exact) mass is 291 g/mol. The second kappa shape index (κ2) is 5.72. The molecule has 1 amide bonds. The van der Waals surface area contributed by atoms with Gasteiger partial charge in [0.15, 0.2) is 5.69 Å². The molecule has 0 unspecified atom stereocenters. The Morgan fingerprint density at radius 1 is 1.55 bits per heavy atom. The SMILES string of the molecule is NC[C@@H]1CCCN1C(=O)c1cn(Cc2cccs2)nn1. The summed E-state index contributed by atoms with van der Waals surface area (Å²) in [6.07, 6.45) is 3.70. The number of aromatic nitrogens is 3. The van der Waals surface area contributed by atoms with Gasteiger partial charge in [0.2, 0.25) is 0 Å². The van der Waals surface area contributed by atoms with Crippen molar-refractivity contribution >= 4 is 17.2 Å². The number of carbonyl (C=O) groups is 1. The van der Waals surface area contributed by atoms with E-state index in [-0.39, 0.29) is 11.9 Å². The molecule has 2 aromatic rings. The fraction of sp³-hybridized carbons (Fsp3) is 0.462. The summed E-state index contributed by atoms with van der Waals surface area (Å²) >= 11 is 1.66. The van der Waals surface area contributed by atoms with E-state index in [0.29, 0.717) is 18.8 Å². The molecule has 1 aliphatic rings. The van der Waals surface area contributed by atoms with Gasteiger partial charge in [-0.2, -0.15) is 0 Å². The minimum atomic E-state index is -0.0598. The van der Waals surface area contributed by atoms with Gasteiger partial charge in [-0.25, -0.2) is 4.68 Å². The molecule has 1 aliphatic heterocycles. The van der Waals surface area contributed by atoms with Crippen molar-refractivity contribution < 1.29 is 4.79 Å². The maximum Gasteiger partial charge on any atom is 0.276 e. The summed E-state index contributed by atoms with van der Waals surface area (Å²) in [6, 6.07) is 4.18. The summed E-state index contributed by atoms with van der Waals surface area (Å²) in [5.41, 5.74) is 6.11. The van der Waals surface area contributed by atoms with E-state index in [1.807, 2.05) is 22.4 Å². The molecular formula is C13H17N5OS. The van der Waals surface area contributed by atoms with E-state index < -0.39 is 0 Å². The van der Waals surface area contributed by atoms with Crippen LogP contribution in [0.4, 0.5) is 0 Å². The predicted molar refractivity (Wildman–Crippen MR) is 76.6 cm³/mol. The summed E-state index contributed by atoms with van der Waals surface area (Å²) in [5, 5.41) is 10.0. The van der Waals surface area contributed by atoms with E-state index in [4.69, 9.17) is 5.73 Å². The second-order valence-corrected chi connectivity index (χ2v) is 5.94. The maximum absolute atomic E-state index is 12.4. The van der Waals surface area contributed by atoms with Crippen molar-refractivity contribution in [3.05, 3.63) is 34.3 Å². The Morgan fingerprint density at radius 2 is 2.45 bits per heavy atom. The number of nitrogens with zero attached hydrogens (tertiary/aromatic N) is 4. The molecule has 0 aliphatic carbocycles. The van der Waals surface area contributed by atoms with Crippen LogP contribution in [0.25, 0.3) is 0 Å². The molecule has 7 heteroatoms. The molecule has 1 fully saturated rings. The zero-order valence-electron chi connectivity index (χ0n) is 11.1. The third kappa shape index (κ3) is 2.59. The number of hydrogen-bond donors (Lipinski definition) is 1. The molecule has 0 radical (unpaired) electrons. The van der Waals surface area contributed by atoms with Crippen molar-refractivity contribution in [3.8, 4) is 0 Å². The Morgan fingerprint density at radius 3 is 3.20 bits per heavy atom. The van der Waals surface area contributed by atoms with Crippen LogP contribution in [0.15, 0.2) is 23.7 Å². The number of likely N-dealkylation sites (tertiary alicyclic amines) is 1. The summed E-state index contributed by atoms with van der Waals surface area (Å²) in [6.45, 7) is 1.92. The van der Waals surface area contributed by atoms with Crippen LogP contribution in [0.2, 0.25) is 0 Å². The lowest BCUT2D eigenvalue weighted by Gasteiger charge is -2.22. The van der Waals surface area contributed by atoms with E-state index in [1.54, 1.807) is 22.2 Å². The third-order valence-corrected chi connectivity index (χ3v) is 4.43. The summed E-state index contributed by atoms with van der Waals surface area (Å²) < 4.78 is 1.70. The number of hydrogen-bond acceptors (Lipinski definition) is 5. The summed E-state index contributed by atoms with van der Waals surface area (Å²) in [5.74, 6) is -0.0598. The van der Waals surface area contributed by atoms with Crippen LogP contribution in [0, 0.1) is 0 Å². The molecule has 0 aromatic carbocycles. The zero-order valence-corrected chi connectivity index (χ0v) is 11.9. The van der Waals surface area contributed by atoms with E-state index >= 15 is 0 Å². The van der Waals surface area contributed by atoms with Crippen molar-refractivity contribution in [2.45, 2.75) is 25.4 Å². The van der Waals surface area contributed by atoms with E-state index in [9.17, 15) is 4.79 Å². The summed E-state index contributed by atoms with van der Waals surface area (Å²) in [7, 11) is 0. The Balaban J connectivity index is 1.71. The van der Waals surface area contributed by atoms with Crippen molar-refractivity contribution in [2.24, 2.45) is 5.73 Å². The highest BCUT2D eigenvalue weighted by molar-refractivity contribution is 7.09. The lowest BCUT2D eigenvalue weighted by atomic mass is 10.2. The van der Waals surface area contributed by atoms with Gasteiger partial charge < -0.3 is 10.6 Å². The number of thiophene rings is 1. The summed E-state index contributed by atoms with van der Waals surface area (Å²) in [4.78, 5) is 15.4. The number of amides is 1.